The number of rotatable bonds is 5. The van der Waals surface area contributed by atoms with E-state index in [1.165, 1.54) is 0 Å². The standard InChI is InChI=1S/C10H14N2O/c1-2-11-12-8-10(13)9-6-4-3-5-7-9/h3-7,11-12H,2,8H2,1H3. The molecule has 0 aromatic heterocycles. The second-order valence-corrected chi connectivity index (χ2v) is 2.67. The van der Waals surface area contributed by atoms with Crippen molar-refractivity contribution < 1.29 is 4.79 Å². The van der Waals surface area contributed by atoms with Gasteiger partial charge in [0.15, 0.2) is 5.78 Å². The third kappa shape index (κ3) is 3.36. The summed E-state index contributed by atoms with van der Waals surface area (Å²) in [6, 6.07) is 9.25. The average Bonchev–Trinajstić information content (AvgIpc) is 2.19. The van der Waals surface area contributed by atoms with Gasteiger partial charge >= 0.3 is 0 Å². The van der Waals surface area contributed by atoms with Crippen LogP contribution in [0.1, 0.15) is 17.3 Å². The molecule has 1 aromatic rings. The van der Waals surface area contributed by atoms with Crippen LogP contribution in [0.15, 0.2) is 30.3 Å². The Morgan fingerprint density at radius 1 is 1.23 bits per heavy atom. The molecule has 13 heavy (non-hydrogen) atoms. The quantitative estimate of drug-likeness (QED) is 0.401. The third-order valence-corrected chi connectivity index (χ3v) is 1.65. The van der Waals surface area contributed by atoms with Crippen LogP contribution in [0.4, 0.5) is 0 Å². The lowest BCUT2D eigenvalue weighted by Gasteiger charge is -2.03. The molecule has 0 radical (unpaired) electrons. The number of ketones is 1. The molecule has 2 N–H and O–H groups in total. The van der Waals surface area contributed by atoms with E-state index < -0.39 is 0 Å². The van der Waals surface area contributed by atoms with Gasteiger partial charge in [0, 0.05) is 12.1 Å². The van der Waals surface area contributed by atoms with E-state index >= 15 is 0 Å². The van der Waals surface area contributed by atoms with Crippen LogP contribution in [-0.2, 0) is 0 Å². The van der Waals surface area contributed by atoms with E-state index in [2.05, 4.69) is 10.9 Å². The topological polar surface area (TPSA) is 41.1 Å². The van der Waals surface area contributed by atoms with Crippen molar-refractivity contribution in [3.8, 4) is 0 Å². The smallest absolute Gasteiger partial charge is 0.177 e. The highest BCUT2D eigenvalue weighted by Crippen LogP contribution is 1.98. The molecule has 0 atom stereocenters. The summed E-state index contributed by atoms with van der Waals surface area (Å²) in [5.41, 5.74) is 6.46. The summed E-state index contributed by atoms with van der Waals surface area (Å²) in [6.07, 6.45) is 0. The predicted octanol–water partition coefficient (Wildman–Crippen LogP) is 0.983. The molecular formula is C10H14N2O. The summed E-state index contributed by atoms with van der Waals surface area (Å²) in [5.74, 6) is 0.0987. The largest absolute Gasteiger partial charge is 0.293 e. The summed E-state index contributed by atoms with van der Waals surface area (Å²) in [7, 11) is 0. The highest BCUT2D eigenvalue weighted by atomic mass is 16.1. The first-order valence-corrected chi connectivity index (χ1v) is 4.38. The van der Waals surface area contributed by atoms with E-state index in [-0.39, 0.29) is 5.78 Å². The van der Waals surface area contributed by atoms with Crippen LogP contribution in [0, 0.1) is 0 Å². The Labute approximate surface area is 78.1 Å². The second kappa shape index (κ2) is 5.45. The maximum Gasteiger partial charge on any atom is 0.177 e. The maximum absolute atomic E-state index is 11.4. The van der Waals surface area contributed by atoms with Crippen LogP contribution >= 0.6 is 0 Å². The number of carbonyl (C=O) groups is 1. The molecule has 0 saturated carbocycles. The third-order valence-electron chi connectivity index (χ3n) is 1.65. The Morgan fingerprint density at radius 2 is 1.92 bits per heavy atom. The fourth-order valence-corrected chi connectivity index (χ4v) is 0.994. The first-order valence-electron chi connectivity index (χ1n) is 4.38. The molecule has 0 fully saturated rings. The summed E-state index contributed by atoms with van der Waals surface area (Å²) in [4.78, 5) is 11.4. The van der Waals surface area contributed by atoms with Crippen molar-refractivity contribution in [2.75, 3.05) is 13.1 Å². The van der Waals surface area contributed by atoms with E-state index in [9.17, 15) is 4.79 Å². The van der Waals surface area contributed by atoms with Crippen LogP contribution in [0.5, 0.6) is 0 Å². The number of hydrazine groups is 1. The zero-order chi connectivity index (χ0) is 9.52. The van der Waals surface area contributed by atoms with Crippen molar-refractivity contribution in [2.45, 2.75) is 6.92 Å². The molecule has 0 aliphatic heterocycles. The molecule has 0 aliphatic carbocycles. The first kappa shape index (κ1) is 9.89. The predicted molar refractivity (Wildman–Crippen MR) is 52.5 cm³/mol. The molecule has 3 heteroatoms. The normalized spacial score (nSPS) is 9.92. The molecule has 0 saturated heterocycles. The number of benzene rings is 1. The number of hydrogen-bond acceptors (Lipinski definition) is 3. The van der Waals surface area contributed by atoms with Crippen LogP contribution in [-0.4, -0.2) is 18.9 Å². The Kier molecular flexibility index (Phi) is 4.15. The molecule has 0 unspecified atom stereocenters. The Morgan fingerprint density at radius 3 is 2.54 bits per heavy atom. The Hall–Kier alpha value is -1.19. The van der Waals surface area contributed by atoms with Gasteiger partial charge in [0.1, 0.15) is 0 Å². The molecule has 0 aliphatic rings. The highest BCUT2D eigenvalue weighted by Gasteiger charge is 2.02. The fraction of sp³-hybridized carbons (Fsp3) is 0.300. The van der Waals surface area contributed by atoms with Gasteiger partial charge < -0.3 is 0 Å². The number of hydrogen-bond donors (Lipinski definition) is 2. The van der Waals surface area contributed by atoms with Crippen molar-refractivity contribution in [1.29, 1.82) is 0 Å². The number of nitrogens with one attached hydrogen (secondary N) is 2. The minimum Gasteiger partial charge on any atom is -0.293 e. The van der Waals surface area contributed by atoms with Gasteiger partial charge in [-0.15, -0.1) is 0 Å². The van der Waals surface area contributed by atoms with Gasteiger partial charge in [-0.3, -0.25) is 15.6 Å². The fourth-order valence-electron chi connectivity index (χ4n) is 0.994. The molecule has 70 valence electrons. The summed E-state index contributed by atoms with van der Waals surface area (Å²) in [6.45, 7) is 3.11. The van der Waals surface area contributed by atoms with E-state index in [0.29, 0.717) is 6.54 Å². The van der Waals surface area contributed by atoms with Gasteiger partial charge in [-0.25, -0.2) is 0 Å². The van der Waals surface area contributed by atoms with Crippen molar-refractivity contribution >= 4 is 5.78 Å². The molecule has 0 amide bonds. The lowest BCUT2D eigenvalue weighted by atomic mass is 10.1. The van der Waals surface area contributed by atoms with Crippen LogP contribution in [0.2, 0.25) is 0 Å². The van der Waals surface area contributed by atoms with E-state index in [1.54, 1.807) is 0 Å². The Balaban J connectivity index is 2.40. The van der Waals surface area contributed by atoms with Crippen molar-refractivity contribution in [3.05, 3.63) is 35.9 Å². The molecule has 0 heterocycles. The monoisotopic (exact) mass is 178 g/mol. The van der Waals surface area contributed by atoms with Crippen LogP contribution in [0.25, 0.3) is 0 Å². The average molecular weight is 178 g/mol. The molecule has 0 bridgehead atoms. The van der Waals surface area contributed by atoms with Crippen molar-refractivity contribution in [2.24, 2.45) is 0 Å². The van der Waals surface area contributed by atoms with E-state index in [4.69, 9.17) is 0 Å². The van der Waals surface area contributed by atoms with E-state index in [0.717, 1.165) is 12.1 Å². The van der Waals surface area contributed by atoms with Gasteiger partial charge in [0.05, 0.1) is 6.54 Å². The lowest BCUT2D eigenvalue weighted by molar-refractivity contribution is 0.0987. The zero-order valence-corrected chi connectivity index (χ0v) is 7.71. The molecule has 1 rings (SSSR count). The molecular weight excluding hydrogens is 164 g/mol. The highest BCUT2D eigenvalue weighted by molar-refractivity contribution is 5.97. The van der Waals surface area contributed by atoms with Gasteiger partial charge in [-0.05, 0) is 0 Å². The molecule has 3 nitrogen and oxygen atoms in total. The SMILES string of the molecule is CCNNCC(=O)c1ccccc1. The van der Waals surface area contributed by atoms with Crippen LogP contribution in [0.3, 0.4) is 0 Å². The molecule has 1 aromatic carbocycles. The maximum atomic E-state index is 11.4. The Bertz CT molecular complexity index is 259. The van der Waals surface area contributed by atoms with Gasteiger partial charge in [0.2, 0.25) is 0 Å². The second-order valence-electron chi connectivity index (χ2n) is 2.67. The van der Waals surface area contributed by atoms with Gasteiger partial charge in [-0.1, -0.05) is 37.3 Å². The number of carbonyl (C=O) groups excluding carboxylic acids is 1. The summed E-state index contributed by atoms with van der Waals surface area (Å²) < 4.78 is 0. The number of Topliss-reactive ketones (excluding diaryl/α,β-unsaturated/α-hetero) is 1. The minimum atomic E-state index is 0.0987. The van der Waals surface area contributed by atoms with Gasteiger partial charge in [0.25, 0.3) is 0 Å². The summed E-state index contributed by atoms with van der Waals surface area (Å²) >= 11 is 0. The van der Waals surface area contributed by atoms with Crippen LogP contribution < -0.4 is 10.9 Å². The first-order chi connectivity index (χ1) is 6.34. The van der Waals surface area contributed by atoms with Crippen molar-refractivity contribution in [1.82, 2.24) is 10.9 Å². The minimum absolute atomic E-state index is 0.0987. The summed E-state index contributed by atoms with van der Waals surface area (Å²) in [5, 5.41) is 0. The molecule has 0 spiro atoms. The van der Waals surface area contributed by atoms with E-state index in [1.807, 2.05) is 37.3 Å². The zero-order valence-electron chi connectivity index (χ0n) is 7.71. The lowest BCUT2D eigenvalue weighted by Crippen LogP contribution is -2.35. The van der Waals surface area contributed by atoms with Gasteiger partial charge in [-0.2, -0.15) is 0 Å². The van der Waals surface area contributed by atoms with Crippen molar-refractivity contribution in [3.63, 3.8) is 0 Å².